The lowest BCUT2D eigenvalue weighted by atomic mass is 10.1. The van der Waals surface area contributed by atoms with E-state index in [1.54, 1.807) is 0 Å². The van der Waals surface area contributed by atoms with Crippen LogP contribution in [-0.4, -0.2) is 154 Å². The maximum absolute atomic E-state index is 14.0. The van der Waals surface area contributed by atoms with Gasteiger partial charge in [0.25, 0.3) is 11.8 Å². The van der Waals surface area contributed by atoms with Crippen molar-refractivity contribution in [2.75, 3.05) is 63.5 Å². The summed E-state index contributed by atoms with van der Waals surface area (Å²) in [6.45, 7) is 0.652. The van der Waals surface area contributed by atoms with E-state index in [-0.39, 0.29) is 91.1 Å². The second kappa shape index (κ2) is 20.3. The van der Waals surface area contributed by atoms with E-state index >= 15 is 0 Å². The summed E-state index contributed by atoms with van der Waals surface area (Å²) in [5.41, 5.74) is -0.453. The Kier molecular flexibility index (Phi) is 15.7. The molecule has 0 radical (unpaired) electrons. The fourth-order valence-corrected chi connectivity index (χ4v) is 8.24. The number of carbonyl (C=O) groups is 6. The number of carbonyl (C=O) groups excluding carboxylic acids is 6. The number of hydrogen-bond donors (Lipinski definition) is 2. The third-order valence-electron chi connectivity index (χ3n) is 10.5. The van der Waals surface area contributed by atoms with Gasteiger partial charge in [-0.25, -0.2) is 19.4 Å². The molecule has 6 rings (SSSR count). The zero-order valence-corrected chi connectivity index (χ0v) is 39.3. The number of halogens is 6. The van der Waals surface area contributed by atoms with E-state index in [4.69, 9.17) is 108 Å². The predicted octanol–water partition coefficient (Wildman–Crippen LogP) is 5.13. The quantitative estimate of drug-likeness (QED) is 0.121. The monoisotopic (exact) mass is 1030 g/mol. The van der Waals surface area contributed by atoms with Crippen LogP contribution in [0.2, 0.25) is 0 Å². The molecule has 0 aromatic heterocycles. The number of rotatable bonds is 12. The summed E-state index contributed by atoms with van der Waals surface area (Å²) < 4.78 is 40.3. The van der Waals surface area contributed by atoms with Gasteiger partial charge in [-0.3, -0.25) is 19.2 Å². The maximum Gasteiger partial charge on any atom is 0.416 e. The Bertz CT molecular complexity index is 2040. The molecule has 4 aliphatic heterocycles. The van der Waals surface area contributed by atoms with Crippen LogP contribution in [0.25, 0.3) is 0 Å². The van der Waals surface area contributed by atoms with Crippen LogP contribution in [0.4, 0.5) is 21.0 Å². The third kappa shape index (κ3) is 11.5. The number of alkyl halides is 6. The molecule has 20 nitrogen and oxygen atoms in total. The Labute approximate surface area is 401 Å². The Hall–Kier alpha value is -4.28. The lowest BCUT2D eigenvalue weighted by molar-refractivity contribution is -0.146. The van der Waals surface area contributed by atoms with Crippen LogP contribution in [0.3, 0.4) is 0 Å². The normalized spacial score (nSPS) is 22.7. The van der Waals surface area contributed by atoms with Crippen molar-refractivity contribution in [2.24, 2.45) is 0 Å². The van der Waals surface area contributed by atoms with Gasteiger partial charge in [0, 0.05) is 45.2 Å². The van der Waals surface area contributed by atoms with Crippen LogP contribution < -0.4 is 28.7 Å². The van der Waals surface area contributed by atoms with Gasteiger partial charge in [0.05, 0.1) is 75.1 Å². The third-order valence-corrected chi connectivity index (χ3v) is 11.1. The number of ether oxygens (including phenoxy) is 8. The average molecular weight is 1040 g/mol. The van der Waals surface area contributed by atoms with Crippen molar-refractivity contribution in [1.29, 1.82) is 0 Å². The van der Waals surface area contributed by atoms with Gasteiger partial charge in [-0.05, 0) is 12.1 Å². The summed E-state index contributed by atoms with van der Waals surface area (Å²) >= 11 is 35.0. The molecule has 0 spiro atoms. The van der Waals surface area contributed by atoms with E-state index in [0.29, 0.717) is 0 Å². The largest absolute Gasteiger partial charge is 0.493 e. The maximum atomic E-state index is 14.0. The van der Waals surface area contributed by atoms with Gasteiger partial charge in [0.2, 0.25) is 7.59 Å². The van der Waals surface area contributed by atoms with E-state index in [1.807, 2.05) is 0 Å². The summed E-state index contributed by atoms with van der Waals surface area (Å²) in [6.07, 6.45) is -7.25. The molecule has 26 heteroatoms. The number of hydrogen-bond acceptors (Lipinski definition) is 16. The number of anilines is 2. The van der Waals surface area contributed by atoms with Crippen molar-refractivity contribution >= 4 is 117 Å². The molecule has 6 atom stereocenters. The number of methoxy groups -OCH3 is 2. The molecular weight excluding hydrogens is 993 g/mol. The molecule has 0 aliphatic carbocycles. The molecule has 4 amide bonds. The zero-order chi connectivity index (χ0) is 47.7. The van der Waals surface area contributed by atoms with Crippen LogP contribution in [0.5, 0.6) is 23.0 Å². The second-order valence-electron chi connectivity index (χ2n) is 15.0. The van der Waals surface area contributed by atoms with Crippen LogP contribution in [0.1, 0.15) is 53.8 Å². The molecule has 4 heterocycles. The van der Waals surface area contributed by atoms with Crippen LogP contribution in [0, 0.1) is 0 Å². The number of aliphatic hydroxyl groups is 2. The summed E-state index contributed by atoms with van der Waals surface area (Å²) in [4.78, 5) is 83.0. The van der Waals surface area contributed by atoms with Gasteiger partial charge in [-0.15, -0.1) is 0 Å². The minimum absolute atomic E-state index is 0.0169. The van der Waals surface area contributed by atoms with Crippen LogP contribution >= 0.6 is 69.6 Å². The van der Waals surface area contributed by atoms with Crippen molar-refractivity contribution in [2.45, 2.75) is 77.4 Å². The molecular formula is C39H42Cl6N4O16. The van der Waals surface area contributed by atoms with Gasteiger partial charge in [0.15, 0.2) is 35.5 Å². The van der Waals surface area contributed by atoms with Gasteiger partial charge in [-0.2, -0.15) is 0 Å². The first kappa shape index (κ1) is 50.1. The molecule has 2 N–H and O–H groups in total. The number of esters is 2. The minimum Gasteiger partial charge on any atom is -0.493 e. The number of fused-ring (bicyclic) bond motifs is 4. The van der Waals surface area contributed by atoms with Crippen molar-refractivity contribution in [3.05, 3.63) is 35.4 Å². The van der Waals surface area contributed by atoms with E-state index in [1.165, 1.54) is 62.1 Å². The number of amides is 4. The molecule has 4 aliphatic rings. The highest BCUT2D eigenvalue weighted by atomic mass is 35.6. The summed E-state index contributed by atoms with van der Waals surface area (Å²) in [7, 11) is 2.64. The second-order valence-corrected chi connectivity index (χ2v) is 20.0. The first-order valence-electron chi connectivity index (χ1n) is 19.6. The topological polar surface area (TPSA) is 230 Å². The Morgan fingerprint density at radius 1 is 0.631 bits per heavy atom. The van der Waals surface area contributed by atoms with Crippen molar-refractivity contribution in [1.82, 2.24) is 9.80 Å². The minimum atomic E-state index is -2.02. The Morgan fingerprint density at radius 2 is 1.00 bits per heavy atom. The SMILES string of the molecule is COc1cc2c(cc1OCCCOc1cc3c(cc1OC)C(=O)N1C[C@H](OC(C)=O)C[C@H]1[C@H](O)N3C(=O)OCC(Cl)(Cl)Cl)N(C(=O)OCC(Cl)(Cl)Cl)[C@@H](O)[C@@H]1C[C@@H](OC(C)=O)CN1C2=O. The van der Waals surface area contributed by atoms with Gasteiger partial charge in [-0.1, -0.05) is 69.6 Å². The first-order chi connectivity index (χ1) is 30.5. The summed E-state index contributed by atoms with van der Waals surface area (Å²) in [5.74, 6) is -2.26. The van der Waals surface area contributed by atoms with Crippen LogP contribution in [0.15, 0.2) is 24.3 Å². The summed E-state index contributed by atoms with van der Waals surface area (Å²) in [6, 6.07) is 3.13. The van der Waals surface area contributed by atoms with E-state index in [2.05, 4.69) is 0 Å². The highest BCUT2D eigenvalue weighted by Crippen LogP contribution is 2.44. The molecule has 2 aromatic carbocycles. The zero-order valence-electron chi connectivity index (χ0n) is 34.8. The first-order valence-corrected chi connectivity index (χ1v) is 21.9. The fraction of sp³-hybridized carbons (Fsp3) is 0.538. The Morgan fingerprint density at radius 3 is 1.32 bits per heavy atom. The number of benzene rings is 2. The van der Waals surface area contributed by atoms with E-state index in [9.17, 15) is 39.0 Å². The van der Waals surface area contributed by atoms with Crippen LogP contribution in [-0.2, 0) is 28.5 Å². The predicted molar refractivity (Wildman–Crippen MR) is 232 cm³/mol. The molecule has 2 saturated heterocycles. The Balaban J connectivity index is 1.24. The molecule has 65 heavy (non-hydrogen) atoms. The fourth-order valence-electron chi connectivity index (χ4n) is 7.91. The molecule has 356 valence electrons. The lowest BCUT2D eigenvalue weighted by Crippen LogP contribution is -2.51. The number of aliphatic hydroxyl groups excluding tert-OH is 2. The number of nitrogens with zero attached hydrogens (tertiary/aromatic N) is 4. The molecule has 0 unspecified atom stereocenters. The standard InChI is InChI=1S/C39H42Cl6N4O16/c1-18(50)64-20-8-26-34(54)48(36(56)62-16-38(40,41)42)24-12-30(28(58-3)10-22(24)32(52)46(26)14-20)60-6-5-7-61-31-13-25-23(11-29(31)59-4)33(53)47-15-21(65-19(2)51)9-27(47)35(55)49(25)37(57)63-17-39(43,44)45/h10-13,20-21,26-27,34-35,54-55H,5-9,14-17H2,1-4H3/t20-,21-,26+,27+,34+,35+/m1/s1. The van der Waals surface area contributed by atoms with Crippen molar-refractivity contribution in [3.63, 3.8) is 0 Å². The van der Waals surface area contributed by atoms with E-state index in [0.717, 1.165) is 9.80 Å². The summed E-state index contributed by atoms with van der Waals surface area (Å²) in [5, 5.41) is 23.3. The average Bonchev–Trinajstić information content (AvgIpc) is 3.81. The molecule has 2 aromatic rings. The highest BCUT2D eigenvalue weighted by Gasteiger charge is 2.51. The molecule has 2 fully saturated rings. The van der Waals surface area contributed by atoms with Gasteiger partial charge < -0.3 is 57.9 Å². The molecule has 0 bridgehead atoms. The molecule has 0 saturated carbocycles. The van der Waals surface area contributed by atoms with Gasteiger partial charge in [0.1, 0.15) is 25.4 Å². The lowest BCUT2D eigenvalue weighted by Gasteiger charge is -2.31. The van der Waals surface area contributed by atoms with E-state index < -0.39 is 93.5 Å². The smallest absolute Gasteiger partial charge is 0.416 e. The van der Waals surface area contributed by atoms with Crippen molar-refractivity contribution in [3.8, 4) is 23.0 Å². The van der Waals surface area contributed by atoms with Gasteiger partial charge >= 0.3 is 24.1 Å². The van der Waals surface area contributed by atoms with Crippen molar-refractivity contribution < 1.29 is 76.9 Å². The highest BCUT2D eigenvalue weighted by molar-refractivity contribution is 6.68.